The maximum Gasteiger partial charge on any atom is 0.281 e. The van der Waals surface area contributed by atoms with E-state index in [9.17, 15) is 13.2 Å². The molecular weight excluding hydrogens is 350 g/mol. The molecule has 0 unspecified atom stereocenters. The SMILES string of the molecule is CN(C1CCCCC1)S(=O)(=O)N1CCC(NC(=O)C2CCCCC2)CC1. The van der Waals surface area contributed by atoms with E-state index < -0.39 is 10.2 Å². The third-order valence-electron chi connectivity index (χ3n) is 6.56. The van der Waals surface area contributed by atoms with Gasteiger partial charge < -0.3 is 5.32 Å². The van der Waals surface area contributed by atoms with E-state index in [-0.39, 0.29) is 23.9 Å². The summed E-state index contributed by atoms with van der Waals surface area (Å²) in [6.07, 6.45) is 12.4. The summed E-state index contributed by atoms with van der Waals surface area (Å²) in [6.45, 7) is 1.02. The number of nitrogens with zero attached hydrogens (tertiary/aromatic N) is 2. The van der Waals surface area contributed by atoms with Crippen molar-refractivity contribution in [3.05, 3.63) is 0 Å². The van der Waals surface area contributed by atoms with Gasteiger partial charge in [-0.05, 0) is 38.5 Å². The van der Waals surface area contributed by atoms with Crippen LogP contribution in [0.25, 0.3) is 0 Å². The fourth-order valence-electron chi connectivity index (χ4n) is 4.73. The van der Waals surface area contributed by atoms with Crippen LogP contribution in [0.5, 0.6) is 0 Å². The molecule has 0 aromatic rings. The van der Waals surface area contributed by atoms with Crippen molar-refractivity contribution in [1.82, 2.24) is 13.9 Å². The van der Waals surface area contributed by atoms with E-state index in [2.05, 4.69) is 5.32 Å². The van der Waals surface area contributed by atoms with E-state index in [4.69, 9.17) is 0 Å². The number of hydrogen-bond acceptors (Lipinski definition) is 3. The minimum atomic E-state index is -3.38. The van der Waals surface area contributed by atoms with Crippen molar-refractivity contribution in [2.75, 3.05) is 20.1 Å². The van der Waals surface area contributed by atoms with Crippen molar-refractivity contribution in [2.45, 2.75) is 89.1 Å². The highest BCUT2D eigenvalue weighted by Crippen LogP contribution is 2.27. The maximum absolute atomic E-state index is 12.9. The molecule has 0 aromatic heterocycles. The van der Waals surface area contributed by atoms with Crippen LogP contribution in [0.1, 0.15) is 77.0 Å². The Morgan fingerprint density at radius 2 is 1.42 bits per heavy atom. The van der Waals surface area contributed by atoms with Gasteiger partial charge >= 0.3 is 0 Å². The minimum absolute atomic E-state index is 0.121. The molecule has 0 aromatic carbocycles. The van der Waals surface area contributed by atoms with Gasteiger partial charge in [-0.1, -0.05) is 38.5 Å². The number of piperidine rings is 1. The number of amides is 1. The first-order chi connectivity index (χ1) is 12.5. The van der Waals surface area contributed by atoms with E-state index in [1.54, 1.807) is 15.7 Å². The molecule has 150 valence electrons. The van der Waals surface area contributed by atoms with Gasteiger partial charge in [-0.25, -0.2) is 0 Å². The molecule has 1 saturated heterocycles. The van der Waals surface area contributed by atoms with Gasteiger partial charge in [0.15, 0.2) is 0 Å². The van der Waals surface area contributed by atoms with Gasteiger partial charge in [0.25, 0.3) is 10.2 Å². The lowest BCUT2D eigenvalue weighted by atomic mass is 9.88. The monoisotopic (exact) mass is 385 g/mol. The molecule has 3 rings (SSSR count). The normalized spacial score (nSPS) is 25.5. The van der Waals surface area contributed by atoms with Crippen LogP contribution in [0.15, 0.2) is 0 Å². The summed E-state index contributed by atoms with van der Waals surface area (Å²) in [5.74, 6) is 0.355. The van der Waals surface area contributed by atoms with Gasteiger partial charge in [-0.3, -0.25) is 4.79 Å². The molecule has 0 spiro atoms. The van der Waals surface area contributed by atoms with E-state index in [1.165, 1.54) is 12.8 Å². The molecule has 0 atom stereocenters. The fourth-order valence-corrected chi connectivity index (χ4v) is 6.35. The van der Waals surface area contributed by atoms with Crippen molar-refractivity contribution in [2.24, 2.45) is 5.92 Å². The Bertz CT molecular complexity index is 561. The number of carbonyl (C=O) groups is 1. The van der Waals surface area contributed by atoms with Gasteiger partial charge in [0.2, 0.25) is 5.91 Å². The molecule has 2 saturated carbocycles. The summed E-state index contributed by atoms with van der Waals surface area (Å²) in [5.41, 5.74) is 0. The lowest BCUT2D eigenvalue weighted by Gasteiger charge is -2.38. The lowest BCUT2D eigenvalue weighted by Crippen LogP contribution is -2.52. The zero-order chi connectivity index (χ0) is 18.6. The Hall–Kier alpha value is -0.660. The van der Waals surface area contributed by atoms with E-state index in [1.807, 2.05) is 0 Å². The highest BCUT2D eigenvalue weighted by Gasteiger charge is 2.35. The third kappa shape index (κ3) is 4.78. The van der Waals surface area contributed by atoms with Crippen molar-refractivity contribution in [3.63, 3.8) is 0 Å². The first kappa shape index (κ1) is 20.1. The number of rotatable bonds is 5. The van der Waals surface area contributed by atoms with Gasteiger partial charge in [0.05, 0.1) is 0 Å². The molecular formula is C19H35N3O3S. The van der Waals surface area contributed by atoms with Crippen LogP contribution in [0.2, 0.25) is 0 Å². The number of carbonyl (C=O) groups excluding carboxylic acids is 1. The van der Waals surface area contributed by atoms with Gasteiger partial charge in [-0.15, -0.1) is 0 Å². The number of nitrogens with one attached hydrogen (secondary N) is 1. The third-order valence-corrected chi connectivity index (χ3v) is 8.60. The predicted molar refractivity (Wildman–Crippen MR) is 103 cm³/mol. The molecule has 1 N–H and O–H groups in total. The average molecular weight is 386 g/mol. The summed E-state index contributed by atoms with van der Waals surface area (Å²) in [6, 6.07) is 0.272. The Balaban J connectivity index is 1.48. The molecule has 7 heteroatoms. The first-order valence-electron chi connectivity index (χ1n) is 10.5. The summed E-state index contributed by atoms with van der Waals surface area (Å²) >= 11 is 0. The van der Waals surface area contributed by atoms with Gasteiger partial charge in [0.1, 0.15) is 0 Å². The second kappa shape index (κ2) is 9.02. The minimum Gasteiger partial charge on any atom is -0.353 e. The van der Waals surface area contributed by atoms with Crippen LogP contribution >= 0.6 is 0 Å². The van der Waals surface area contributed by atoms with E-state index in [0.717, 1.165) is 64.2 Å². The van der Waals surface area contributed by atoms with Crippen LogP contribution in [-0.2, 0) is 15.0 Å². The Morgan fingerprint density at radius 3 is 2.00 bits per heavy atom. The summed E-state index contributed by atoms with van der Waals surface area (Å²) in [7, 11) is -1.64. The van der Waals surface area contributed by atoms with Crippen LogP contribution < -0.4 is 5.32 Å². The molecule has 26 heavy (non-hydrogen) atoms. The Kier molecular flexibility index (Phi) is 6.97. The molecule has 6 nitrogen and oxygen atoms in total. The van der Waals surface area contributed by atoms with Crippen LogP contribution in [-0.4, -0.2) is 55.2 Å². The number of hydrogen-bond donors (Lipinski definition) is 1. The Morgan fingerprint density at radius 1 is 0.885 bits per heavy atom. The Labute approximate surface area is 158 Å². The smallest absolute Gasteiger partial charge is 0.281 e. The quantitative estimate of drug-likeness (QED) is 0.791. The highest BCUT2D eigenvalue weighted by atomic mass is 32.2. The molecule has 1 heterocycles. The molecule has 0 radical (unpaired) electrons. The van der Waals surface area contributed by atoms with E-state index >= 15 is 0 Å². The second-order valence-corrected chi connectivity index (χ2v) is 10.3. The average Bonchev–Trinajstić information content (AvgIpc) is 2.69. The molecule has 1 amide bonds. The van der Waals surface area contributed by atoms with Crippen molar-refractivity contribution in [1.29, 1.82) is 0 Å². The molecule has 1 aliphatic heterocycles. The molecule has 2 aliphatic carbocycles. The van der Waals surface area contributed by atoms with Crippen LogP contribution in [0, 0.1) is 5.92 Å². The zero-order valence-corrected chi connectivity index (χ0v) is 17.0. The zero-order valence-electron chi connectivity index (χ0n) is 16.2. The molecule has 3 fully saturated rings. The van der Waals surface area contributed by atoms with Gasteiger partial charge in [-0.2, -0.15) is 17.0 Å². The summed E-state index contributed by atoms with van der Waals surface area (Å²) < 4.78 is 29.1. The second-order valence-electron chi connectivity index (χ2n) is 8.33. The fraction of sp³-hybridized carbons (Fsp3) is 0.947. The van der Waals surface area contributed by atoms with Crippen LogP contribution in [0.4, 0.5) is 0 Å². The van der Waals surface area contributed by atoms with E-state index in [0.29, 0.717) is 13.1 Å². The molecule has 0 bridgehead atoms. The standard InChI is InChI=1S/C19H35N3O3S/c1-21(18-10-6-3-7-11-18)26(24,25)22-14-12-17(13-15-22)20-19(23)16-8-4-2-5-9-16/h16-18H,2-15H2,1H3,(H,20,23). The summed E-state index contributed by atoms with van der Waals surface area (Å²) in [4.78, 5) is 12.4. The topological polar surface area (TPSA) is 69.7 Å². The molecule has 3 aliphatic rings. The maximum atomic E-state index is 12.9. The first-order valence-corrected chi connectivity index (χ1v) is 11.9. The lowest BCUT2D eigenvalue weighted by molar-refractivity contribution is -0.126. The van der Waals surface area contributed by atoms with Crippen molar-refractivity contribution < 1.29 is 13.2 Å². The van der Waals surface area contributed by atoms with Crippen molar-refractivity contribution >= 4 is 16.1 Å². The largest absolute Gasteiger partial charge is 0.353 e. The highest BCUT2D eigenvalue weighted by molar-refractivity contribution is 7.86. The van der Waals surface area contributed by atoms with Crippen LogP contribution in [0.3, 0.4) is 0 Å². The predicted octanol–water partition coefficient (Wildman–Crippen LogP) is 2.66. The van der Waals surface area contributed by atoms with Gasteiger partial charge in [0, 0.05) is 38.1 Å². The van der Waals surface area contributed by atoms with Crippen molar-refractivity contribution in [3.8, 4) is 0 Å². The summed E-state index contributed by atoms with van der Waals surface area (Å²) in [5, 5.41) is 3.18.